The van der Waals surface area contributed by atoms with Crippen LogP contribution in [0.25, 0.3) is 10.5 Å². The molecule has 1 fully saturated rings. The molecule has 1 aromatic carbocycles. The Labute approximate surface area is 86.4 Å². The zero-order valence-electron chi connectivity index (χ0n) is 8.29. The van der Waals surface area contributed by atoms with Gasteiger partial charge < -0.3 is 0 Å². The Bertz CT molecular complexity index is 402. The third-order valence-electron chi connectivity index (χ3n) is 3.35. The van der Waals surface area contributed by atoms with E-state index in [1.165, 1.54) is 31.1 Å². The summed E-state index contributed by atoms with van der Waals surface area (Å²) in [6.45, 7) is 0. The summed E-state index contributed by atoms with van der Waals surface area (Å²) < 4.78 is 0. The molecule has 0 saturated heterocycles. The number of fused-ring (bicyclic) bond motifs is 1. The van der Waals surface area contributed by atoms with Gasteiger partial charge in [-0.15, -0.1) is 8.19 Å². The SMILES string of the molecule is c1ccc2[pH]c(C3CCCC3)cc2c1. The van der Waals surface area contributed by atoms with Crippen LogP contribution in [-0.4, -0.2) is 0 Å². The molecule has 1 heteroatoms. The van der Waals surface area contributed by atoms with E-state index in [9.17, 15) is 0 Å². The molecule has 0 nitrogen and oxygen atoms in total. The van der Waals surface area contributed by atoms with Crippen LogP contribution in [-0.2, 0) is 0 Å². The predicted octanol–water partition coefficient (Wildman–Crippen LogP) is 4.53. The minimum atomic E-state index is 0.917. The fourth-order valence-corrected chi connectivity index (χ4v) is 4.06. The summed E-state index contributed by atoms with van der Waals surface area (Å²) in [6.07, 6.45) is 5.77. The lowest BCUT2D eigenvalue weighted by atomic mass is 10.1. The van der Waals surface area contributed by atoms with Crippen molar-refractivity contribution in [2.75, 3.05) is 0 Å². The van der Waals surface area contributed by atoms with Crippen molar-refractivity contribution in [3.8, 4) is 0 Å². The van der Waals surface area contributed by atoms with Gasteiger partial charge in [0.1, 0.15) is 0 Å². The van der Waals surface area contributed by atoms with Crippen LogP contribution in [0.5, 0.6) is 0 Å². The van der Waals surface area contributed by atoms with Crippen molar-refractivity contribution < 1.29 is 0 Å². The third-order valence-corrected chi connectivity index (χ3v) is 4.91. The zero-order chi connectivity index (χ0) is 9.38. The fraction of sp³-hybridized carbons (Fsp3) is 0.385. The number of rotatable bonds is 1. The second kappa shape index (κ2) is 3.44. The summed E-state index contributed by atoms with van der Waals surface area (Å²) >= 11 is 0. The lowest BCUT2D eigenvalue weighted by molar-refractivity contribution is 0.739. The molecule has 0 radical (unpaired) electrons. The second-order valence-corrected chi connectivity index (χ2v) is 5.66. The molecule has 0 bridgehead atoms. The topological polar surface area (TPSA) is 0 Å². The van der Waals surface area contributed by atoms with Gasteiger partial charge in [-0.1, -0.05) is 37.1 Å². The molecule has 0 N–H and O–H groups in total. The maximum atomic E-state index is 2.45. The van der Waals surface area contributed by atoms with E-state index in [-0.39, 0.29) is 0 Å². The van der Waals surface area contributed by atoms with Crippen LogP contribution in [0.1, 0.15) is 36.9 Å². The quantitative estimate of drug-likeness (QED) is 0.637. The lowest BCUT2D eigenvalue weighted by Crippen LogP contribution is -1.84. The average Bonchev–Trinajstić information content (AvgIpc) is 2.86. The maximum Gasteiger partial charge on any atom is -0.00155 e. The summed E-state index contributed by atoms with van der Waals surface area (Å²) in [4.78, 5) is 0. The number of hydrogen-bond acceptors (Lipinski definition) is 0. The molecule has 1 heterocycles. The second-order valence-electron chi connectivity index (χ2n) is 4.29. The van der Waals surface area contributed by atoms with Crippen LogP contribution in [0.4, 0.5) is 0 Å². The van der Waals surface area contributed by atoms with Crippen molar-refractivity contribution in [1.29, 1.82) is 0 Å². The Morgan fingerprint density at radius 2 is 1.86 bits per heavy atom. The largest absolute Gasteiger partial charge is 0.128 e. The van der Waals surface area contributed by atoms with E-state index in [2.05, 4.69) is 30.3 Å². The zero-order valence-corrected chi connectivity index (χ0v) is 9.29. The lowest BCUT2D eigenvalue weighted by Gasteiger charge is -2.04. The molecule has 72 valence electrons. The first-order valence-corrected chi connectivity index (χ1v) is 6.51. The molecular weight excluding hydrogens is 187 g/mol. The summed E-state index contributed by atoms with van der Waals surface area (Å²) in [7, 11) is 0.966. The van der Waals surface area contributed by atoms with Crippen molar-refractivity contribution in [3.63, 3.8) is 0 Å². The van der Waals surface area contributed by atoms with E-state index in [1.54, 1.807) is 10.4 Å². The van der Waals surface area contributed by atoms with Crippen LogP contribution in [0.3, 0.4) is 0 Å². The van der Waals surface area contributed by atoms with Crippen LogP contribution >= 0.6 is 8.19 Å². The molecule has 3 rings (SSSR count). The first-order chi connectivity index (χ1) is 6.93. The van der Waals surface area contributed by atoms with Gasteiger partial charge >= 0.3 is 0 Å². The molecular formula is C13H15P. The Morgan fingerprint density at radius 3 is 2.64 bits per heavy atom. The minimum Gasteiger partial charge on any atom is -0.128 e. The fourth-order valence-electron chi connectivity index (χ4n) is 2.55. The van der Waals surface area contributed by atoms with Gasteiger partial charge in [-0.25, -0.2) is 0 Å². The minimum absolute atomic E-state index is 0.917. The Kier molecular flexibility index (Phi) is 2.10. The van der Waals surface area contributed by atoms with E-state index in [0.717, 1.165) is 14.1 Å². The van der Waals surface area contributed by atoms with Gasteiger partial charge in [0.25, 0.3) is 0 Å². The molecule has 1 aliphatic rings. The highest BCUT2D eigenvalue weighted by molar-refractivity contribution is 7.38. The average molecular weight is 202 g/mol. The van der Waals surface area contributed by atoms with Crippen LogP contribution < -0.4 is 0 Å². The van der Waals surface area contributed by atoms with Crippen molar-refractivity contribution in [2.24, 2.45) is 0 Å². The Balaban J connectivity index is 2.05. The highest BCUT2D eigenvalue weighted by Crippen LogP contribution is 2.42. The predicted molar refractivity (Wildman–Crippen MR) is 64.7 cm³/mol. The van der Waals surface area contributed by atoms with Gasteiger partial charge in [0.2, 0.25) is 0 Å². The smallest absolute Gasteiger partial charge is 0.00155 e. The van der Waals surface area contributed by atoms with Crippen LogP contribution in [0, 0.1) is 0 Å². The van der Waals surface area contributed by atoms with E-state index >= 15 is 0 Å². The molecule has 0 spiro atoms. The van der Waals surface area contributed by atoms with E-state index < -0.39 is 0 Å². The molecule has 1 unspecified atom stereocenters. The molecule has 1 saturated carbocycles. The molecule has 0 aliphatic heterocycles. The van der Waals surface area contributed by atoms with Gasteiger partial charge in [0, 0.05) is 0 Å². The highest BCUT2D eigenvalue weighted by atomic mass is 31.0. The van der Waals surface area contributed by atoms with Gasteiger partial charge in [0.15, 0.2) is 0 Å². The summed E-state index contributed by atoms with van der Waals surface area (Å²) in [5, 5.41) is 4.77. The highest BCUT2D eigenvalue weighted by Gasteiger charge is 2.17. The summed E-state index contributed by atoms with van der Waals surface area (Å²) in [5.41, 5.74) is 0. The number of hydrogen-bond donors (Lipinski definition) is 0. The first kappa shape index (κ1) is 8.56. The molecule has 2 aromatic rings. The van der Waals surface area contributed by atoms with E-state index in [4.69, 9.17) is 0 Å². The van der Waals surface area contributed by atoms with Gasteiger partial charge in [-0.3, -0.25) is 0 Å². The van der Waals surface area contributed by atoms with Crippen molar-refractivity contribution in [1.82, 2.24) is 0 Å². The molecule has 1 atom stereocenters. The monoisotopic (exact) mass is 202 g/mol. The Hall–Kier alpha value is -0.740. The van der Waals surface area contributed by atoms with Gasteiger partial charge in [-0.05, 0) is 40.6 Å². The van der Waals surface area contributed by atoms with Crippen molar-refractivity contribution in [3.05, 3.63) is 35.6 Å². The van der Waals surface area contributed by atoms with Crippen LogP contribution in [0.2, 0.25) is 0 Å². The normalized spacial score (nSPS) is 18.6. The third kappa shape index (κ3) is 1.38. The first-order valence-electron chi connectivity index (χ1n) is 5.51. The summed E-state index contributed by atoms with van der Waals surface area (Å²) in [6, 6.07) is 11.3. The number of benzene rings is 1. The summed E-state index contributed by atoms with van der Waals surface area (Å²) in [5.74, 6) is 0.917. The Morgan fingerprint density at radius 1 is 1.07 bits per heavy atom. The van der Waals surface area contributed by atoms with E-state index in [0.29, 0.717) is 0 Å². The molecule has 14 heavy (non-hydrogen) atoms. The molecule has 0 amide bonds. The molecule has 1 aliphatic carbocycles. The van der Waals surface area contributed by atoms with Crippen molar-refractivity contribution in [2.45, 2.75) is 31.6 Å². The van der Waals surface area contributed by atoms with Gasteiger partial charge in [0.05, 0.1) is 0 Å². The molecule has 1 aromatic heterocycles. The van der Waals surface area contributed by atoms with Crippen molar-refractivity contribution >= 4 is 18.7 Å². The standard InChI is InChI=1S/C13H15P/c1-2-6-10(5-1)13-9-11-7-3-4-8-12(11)14-13/h3-4,7-10,14H,1-2,5-6H2. The maximum absolute atomic E-state index is 2.45. The van der Waals surface area contributed by atoms with Crippen LogP contribution in [0.15, 0.2) is 30.3 Å². The van der Waals surface area contributed by atoms with E-state index in [1.807, 2.05) is 0 Å². The van der Waals surface area contributed by atoms with Gasteiger partial charge in [-0.2, -0.15) is 0 Å².